The van der Waals surface area contributed by atoms with E-state index in [0.29, 0.717) is 19.3 Å². The van der Waals surface area contributed by atoms with Crippen molar-refractivity contribution in [1.82, 2.24) is 15.6 Å². The highest BCUT2D eigenvalue weighted by Crippen LogP contribution is 2.41. The van der Waals surface area contributed by atoms with Crippen LogP contribution in [0.3, 0.4) is 0 Å². The normalized spacial score (nSPS) is 18.4. The van der Waals surface area contributed by atoms with Crippen LogP contribution in [0.15, 0.2) is 36.5 Å². The number of hydrogen-bond acceptors (Lipinski definition) is 6. The standard InChI is InChI=1S/C23H23F3N4O5/c1-30(21(33)22(9-10-22)29-20(32)16-5-8-19(31)28-16)18-7-4-14(12-27-18)35-17-6-3-13(34-2)11-15(17)23(24,25)26/h3-4,6-7,11-12,16H,5,8-10H2,1-2H3,(H,28,31)(H,29,32). The van der Waals surface area contributed by atoms with Gasteiger partial charge in [-0.25, -0.2) is 4.98 Å². The molecule has 2 N–H and O–H groups in total. The minimum atomic E-state index is -4.66. The summed E-state index contributed by atoms with van der Waals surface area (Å²) in [5, 5.41) is 5.31. The fourth-order valence-corrected chi connectivity index (χ4v) is 3.78. The molecule has 0 spiro atoms. The van der Waals surface area contributed by atoms with Crippen molar-refractivity contribution >= 4 is 23.5 Å². The number of alkyl halides is 3. The number of benzene rings is 1. The number of carbonyl (C=O) groups excluding carboxylic acids is 3. The van der Waals surface area contributed by atoms with Gasteiger partial charge in [-0.05, 0) is 49.6 Å². The van der Waals surface area contributed by atoms with Crippen LogP contribution in [0.4, 0.5) is 19.0 Å². The highest BCUT2D eigenvalue weighted by Gasteiger charge is 2.53. The van der Waals surface area contributed by atoms with E-state index in [1.54, 1.807) is 0 Å². The molecule has 12 heteroatoms. The molecular formula is C23H23F3N4O5. The average molecular weight is 492 g/mol. The summed E-state index contributed by atoms with van der Waals surface area (Å²) >= 11 is 0. The molecule has 0 bridgehead atoms. The minimum absolute atomic E-state index is 0.0368. The second-order valence-corrected chi connectivity index (χ2v) is 8.41. The molecule has 4 rings (SSSR count). The van der Waals surface area contributed by atoms with E-state index >= 15 is 0 Å². The summed E-state index contributed by atoms with van der Waals surface area (Å²) < 4.78 is 50.5. The number of rotatable bonds is 7. The third-order valence-electron chi connectivity index (χ3n) is 5.92. The molecule has 1 aliphatic heterocycles. The minimum Gasteiger partial charge on any atom is -0.497 e. The maximum Gasteiger partial charge on any atom is 0.420 e. The molecule has 1 saturated carbocycles. The second-order valence-electron chi connectivity index (χ2n) is 8.41. The Morgan fingerprint density at radius 1 is 1.20 bits per heavy atom. The number of hydrogen-bond donors (Lipinski definition) is 2. The van der Waals surface area contributed by atoms with E-state index in [4.69, 9.17) is 9.47 Å². The first-order chi connectivity index (χ1) is 16.5. The largest absolute Gasteiger partial charge is 0.497 e. The van der Waals surface area contributed by atoms with Crippen molar-refractivity contribution in [3.8, 4) is 17.2 Å². The van der Waals surface area contributed by atoms with Gasteiger partial charge in [0.25, 0.3) is 5.91 Å². The van der Waals surface area contributed by atoms with Crippen LogP contribution < -0.4 is 25.0 Å². The fraction of sp³-hybridized carbons (Fsp3) is 0.391. The van der Waals surface area contributed by atoms with Crippen LogP contribution in [0.5, 0.6) is 17.2 Å². The molecular weight excluding hydrogens is 469 g/mol. The Morgan fingerprint density at radius 2 is 1.91 bits per heavy atom. The Balaban J connectivity index is 1.44. The molecule has 9 nitrogen and oxygen atoms in total. The third-order valence-corrected chi connectivity index (χ3v) is 5.92. The summed E-state index contributed by atoms with van der Waals surface area (Å²) in [6.07, 6.45) is -1.93. The van der Waals surface area contributed by atoms with E-state index in [1.165, 1.54) is 43.5 Å². The van der Waals surface area contributed by atoms with Crippen molar-refractivity contribution < 1.29 is 37.0 Å². The van der Waals surface area contributed by atoms with Crippen LogP contribution in [0.1, 0.15) is 31.2 Å². The maximum absolute atomic E-state index is 13.4. The predicted octanol–water partition coefficient (Wildman–Crippen LogP) is 2.79. The quantitative estimate of drug-likeness (QED) is 0.615. The number of halogens is 3. The smallest absolute Gasteiger partial charge is 0.420 e. The van der Waals surface area contributed by atoms with E-state index in [1.807, 2.05) is 0 Å². The van der Waals surface area contributed by atoms with Gasteiger partial charge >= 0.3 is 6.18 Å². The van der Waals surface area contributed by atoms with Gasteiger partial charge in [-0.3, -0.25) is 19.3 Å². The van der Waals surface area contributed by atoms with Gasteiger partial charge in [0.05, 0.1) is 13.3 Å². The van der Waals surface area contributed by atoms with Gasteiger partial charge in [-0.15, -0.1) is 0 Å². The Hall–Kier alpha value is -3.83. The lowest BCUT2D eigenvalue weighted by molar-refractivity contribution is -0.138. The molecule has 1 aliphatic carbocycles. The number of ether oxygens (including phenoxy) is 2. The topological polar surface area (TPSA) is 110 Å². The lowest BCUT2D eigenvalue weighted by Gasteiger charge is -2.25. The number of likely N-dealkylation sites (N-methyl/N-ethyl adjacent to an activating group) is 1. The molecule has 2 aliphatic rings. The summed E-state index contributed by atoms with van der Waals surface area (Å²) in [5.74, 6) is -1.12. The summed E-state index contributed by atoms with van der Waals surface area (Å²) in [7, 11) is 2.75. The summed E-state index contributed by atoms with van der Waals surface area (Å²) in [5.41, 5.74) is -2.07. The van der Waals surface area contributed by atoms with E-state index in [-0.39, 0.29) is 35.6 Å². The zero-order valence-corrected chi connectivity index (χ0v) is 18.9. The first-order valence-corrected chi connectivity index (χ1v) is 10.8. The maximum atomic E-state index is 13.4. The van der Waals surface area contributed by atoms with Gasteiger partial charge in [-0.2, -0.15) is 13.2 Å². The van der Waals surface area contributed by atoms with Gasteiger partial charge in [0.1, 0.15) is 40.2 Å². The van der Waals surface area contributed by atoms with Crippen LogP contribution >= 0.6 is 0 Å². The molecule has 2 heterocycles. The molecule has 2 aromatic rings. The van der Waals surface area contributed by atoms with Crippen LogP contribution in [0, 0.1) is 0 Å². The summed E-state index contributed by atoms with van der Waals surface area (Å²) in [6, 6.07) is 5.50. The Morgan fingerprint density at radius 3 is 2.46 bits per heavy atom. The van der Waals surface area contributed by atoms with Gasteiger partial charge < -0.3 is 20.1 Å². The molecule has 1 saturated heterocycles. The zero-order chi connectivity index (χ0) is 25.4. The van der Waals surface area contributed by atoms with Crippen molar-refractivity contribution in [3.05, 3.63) is 42.1 Å². The molecule has 1 unspecified atom stereocenters. The van der Waals surface area contributed by atoms with E-state index in [9.17, 15) is 27.6 Å². The third kappa shape index (κ3) is 5.15. The number of carbonyl (C=O) groups is 3. The van der Waals surface area contributed by atoms with Gasteiger partial charge in [-0.1, -0.05) is 0 Å². The first-order valence-electron chi connectivity index (χ1n) is 10.8. The first kappa shape index (κ1) is 24.3. The zero-order valence-electron chi connectivity index (χ0n) is 18.9. The van der Waals surface area contributed by atoms with E-state index in [2.05, 4.69) is 15.6 Å². The summed E-state index contributed by atoms with van der Waals surface area (Å²) in [6.45, 7) is 0. The van der Waals surface area contributed by atoms with Crippen LogP contribution in [-0.2, 0) is 20.6 Å². The van der Waals surface area contributed by atoms with Crippen LogP contribution in [0.25, 0.3) is 0 Å². The Labute approximate surface area is 198 Å². The lowest BCUT2D eigenvalue weighted by Crippen LogP contribution is -2.54. The Bertz CT molecular complexity index is 1150. The molecule has 1 aromatic carbocycles. The highest BCUT2D eigenvalue weighted by molar-refractivity contribution is 6.04. The van der Waals surface area contributed by atoms with Crippen molar-refractivity contribution in [2.75, 3.05) is 19.1 Å². The highest BCUT2D eigenvalue weighted by atomic mass is 19.4. The molecule has 1 atom stereocenters. The number of aromatic nitrogens is 1. The molecule has 3 amide bonds. The molecule has 186 valence electrons. The predicted molar refractivity (Wildman–Crippen MR) is 117 cm³/mol. The SMILES string of the molecule is COc1ccc(Oc2ccc(N(C)C(=O)C3(NC(=O)C4CCC(=O)N4)CC3)nc2)c(C(F)(F)F)c1. The number of pyridine rings is 1. The van der Waals surface area contributed by atoms with Crippen molar-refractivity contribution in [1.29, 1.82) is 0 Å². The van der Waals surface area contributed by atoms with Gasteiger partial charge in [0, 0.05) is 13.5 Å². The monoisotopic (exact) mass is 492 g/mol. The summed E-state index contributed by atoms with van der Waals surface area (Å²) in [4.78, 5) is 42.3. The van der Waals surface area contributed by atoms with E-state index < -0.39 is 35.0 Å². The van der Waals surface area contributed by atoms with Gasteiger partial charge in [0.15, 0.2) is 0 Å². The van der Waals surface area contributed by atoms with Crippen molar-refractivity contribution in [3.63, 3.8) is 0 Å². The molecule has 0 radical (unpaired) electrons. The average Bonchev–Trinajstić information content (AvgIpc) is 3.48. The molecule has 1 aromatic heterocycles. The lowest BCUT2D eigenvalue weighted by atomic mass is 10.1. The van der Waals surface area contributed by atoms with Crippen LogP contribution in [-0.4, -0.2) is 48.4 Å². The number of nitrogens with one attached hydrogen (secondary N) is 2. The van der Waals surface area contributed by atoms with Crippen molar-refractivity contribution in [2.45, 2.75) is 43.4 Å². The number of anilines is 1. The molecule has 35 heavy (non-hydrogen) atoms. The second kappa shape index (κ2) is 9.08. The number of nitrogens with zero attached hydrogens (tertiary/aromatic N) is 2. The van der Waals surface area contributed by atoms with E-state index in [0.717, 1.165) is 12.1 Å². The van der Waals surface area contributed by atoms with Crippen molar-refractivity contribution in [2.24, 2.45) is 0 Å². The van der Waals surface area contributed by atoms with Crippen LogP contribution in [0.2, 0.25) is 0 Å². The number of methoxy groups -OCH3 is 1. The Kier molecular flexibility index (Phi) is 6.30. The van der Waals surface area contributed by atoms with Gasteiger partial charge in [0.2, 0.25) is 11.8 Å². The molecule has 2 fully saturated rings. The number of amides is 3. The fourth-order valence-electron chi connectivity index (χ4n) is 3.78.